The highest BCUT2D eigenvalue weighted by Gasteiger charge is 2.29. The van der Waals surface area contributed by atoms with E-state index in [4.69, 9.17) is 4.74 Å². The van der Waals surface area contributed by atoms with Crippen molar-refractivity contribution in [2.75, 3.05) is 0 Å². The lowest BCUT2D eigenvalue weighted by molar-refractivity contribution is 0.244. The lowest BCUT2D eigenvalue weighted by Crippen LogP contribution is -2.12. The molecule has 1 saturated carbocycles. The van der Waals surface area contributed by atoms with Crippen molar-refractivity contribution in [3.63, 3.8) is 0 Å². The van der Waals surface area contributed by atoms with Gasteiger partial charge in [0.05, 0.1) is 34.0 Å². The van der Waals surface area contributed by atoms with Gasteiger partial charge >= 0.3 is 10.2 Å². The van der Waals surface area contributed by atoms with E-state index in [0.29, 0.717) is 49.9 Å². The number of nitriles is 1. The van der Waals surface area contributed by atoms with Gasteiger partial charge in [0.1, 0.15) is 16.3 Å². The number of ether oxygens (including phenoxy) is 1. The van der Waals surface area contributed by atoms with Gasteiger partial charge < -0.3 is 14.3 Å². The molecule has 10 heteroatoms. The molecule has 0 bridgehead atoms. The Hall–Kier alpha value is -4.23. The van der Waals surface area contributed by atoms with E-state index in [-0.39, 0.29) is 17.6 Å². The topological polar surface area (TPSA) is 118 Å². The Morgan fingerprint density at radius 2 is 1.95 bits per heavy atom. The second kappa shape index (κ2) is 8.15. The van der Waals surface area contributed by atoms with Crippen LogP contribution >= 0.6 is 0 Å². The normalized spacial score (nSPS) is 14.0. The maximum absolute atomic E-state index is 13.9. The maximum Gasteiger partial charge on any atom is 0.333 e. The number of fused-ring (bicyclic) bond motifs is 4. The van der Waals surface area contributed by atoms with Gasteiger partial charge in [-0.2, -0.15) is 13.7 Å². The number of benzene rings is 2. The van der Waals surface area contributed by atoms with Crippen LogP contribution in [0.15, 0.2) is 58.5 Å². The quantitative estimate of drug-likeness (QED) is 0.315. The second-order valence-electron chi connectivity index (χ2n) is 9.53. The fraction of sp³-hybridized carbons (Fsp3) is 0.222. The predicted octanol–water partition coefficient (Wildman–Crippen LogP) is 5.35. The molecule has 186 valence electrons. The van der Waals surface area contributed by atoms with E-state index in [1.807, 2.05) is 13.8 Å². The summed E-state index contributed by atoms with van der Waals surface area (Å²) in [5, 5.41) is 11.1. The number of hydrogen-bond acceptors (Lipinski definition) is 6. The van der Waals surface area contributed by atoms with Crippen LogP contribution in [-0.2, 0) is 10.2 Å². The Morgan fingerprint density at radius 3 is 2.62 bits per heavy atom. The van der Waals surface area contributed by atoms with Crippen LogP contribution in [-0.4, -0.2) is 29.1 Å². The molecule has 0 amide bonds. The second-order valence-corrected chi connectivity index (χ2v) is 10.9. The number of aromatic nitrogens is 3. The fourth-order valence-electron chi connectivity index (χ4n) is 4.86. The summed E-state index contributed by atoms with van der Waals surface area (Å²) in [5.74, 6) is 0.364. The van der Waals surface area contributed by atoms with E-state index in [1.54, 1.807) is 30.3 Å². The molecule has 2 aromatic carbocycles. The van der Waals surface area contributed by atoms with Crippen molar-refractivity contribution < 1.29 is 17.0 Å². The van der Waals surface area contributed by atoms with Crippen LogP contribution in [0.5, 0.6) is 5.75 Å². The molecule has 1 aliphatic rings. The molecule has 0 saturated heterocycles. The minimum atomic E-state index is -4.97. The molecular formula is C27H21FN4O4S. The van der Waals surface area contributed by atoms with Crippen molar-refractivity contribution in [2.45, 2.75) is 43.7 Å². The van der Waals surface area contributed by atoms with Gasteiger partial charge in [-0.1, -0.05) is 6.07 Å². The Labute approximate surface area is 211 Å². The van der Waals surface area contributed by atoms with Gasteiger partial charge in [0.2, 0.25) is 0 Å². The van der Waals surface area contributed by atoms with Gasteiger partial charge in [0, 0.05) is 40.5 Å². The smallest absolute Gasteiger partial charge is 0.333 e. The lowest BCUT2D eigenvalue weighted by atomic mass is 10.0. The van der Waals surface area contributed by atoms with E-state index in [1.165, 1.54) is 12.3 Å². The van der Waals surface area contributed by atoms with Crippen molar-refractivity contribution in [2.24, 2.45) is 0 Å². The largest absolute Gasteiger partial charge is 0.490 e. The summed E-state index contributed by atoms with van der Waals surface area (Å²) in [6.07, 6.45) is 4.01. The van der Waals surface area contributed by atoms with Crippen molar-refractivity contribution in [1.82, 2.24) is 14.5 Å². The van der Waals surface area contributed by atoms with Gasteiger partial charge in [0.25, 0.3) is 0 Å². The van der Waals surface area contributed by atoms with Crippen LogP contribution in [0.25, 0.3) is 44.0 Å². The zero-order valence-corrected chi connectivity index (χ0v) is 20.8. The van der Waals surface area contributed by atoms with E-state index >= 15 is 0 Å². The molecule has 37 heavy (non-hydrogen) atoms. The Bertz CT molecular complexity index is 1960. The van der Waals surface area contributed by atoms with Gasteiger partial charge in [0.15, 0.2) is 5.43 Å². The first-order valence-electron chi connectivity index (χ1n) is 11.8. The highest BCUT2D eigenvalue weighted by atomic mass is 32.3. The summed E-state index contributed by atoms with van der Waals surface area (Å²) >= 11 is 0. The zero-order chi connectivity index (χ0) is 26.1. The van der Waals surface area contributed by atoms with Gasteiger partial charge in [-0.3, -0.25) is 9.78 Å². The molecule has 0 unspecified atom stereocenters. The molecule has 3 aromatic heterocycles. The highest BCUT2D eigenvalue weighted by molar-refractivity contribution is 7.86. The van der Waals surface area contributed by atoms with Crippen LogP contribution in [0.2, 0.25) is 0 Å². The van der Waals surface area contributed by atoms with Gasteiger partial charge in [-0.15, -0.1) is 3.89 Å². The SMILES string of the molecule is CC(C)Oc1cc2c(=O)c3c4ccc(C#N)cc4[nH]c3n(C3CC3)c2cc1-c1cncc(S(=O)(=O)F)c1. The van der Waals surface area contributed by atoms with E-state index < -0.39 is 15.1 Å². The van der Waals surface area contributed by atoms with Gasteiger partial charge in [-0.05, 0) is 57.0 Å². The molecule has 1 fully saturated rings. The number of nitrogens with zero attached hydrogens (tertiary/aromatic N) is 3. The third-order valence-electron chi connectivity index (χ3n) is 6.56. The first-order valence-corrected chi connectivity index (χ1v) is 13.2. The minimum Gasteiger partial charge on any atom is -0.490 e. The summed E-state index contributed by atoms with van der Waals surface area (Å²) < 4.78 is 45.0. The summed E-state index contributed by atoms with van der Waals surface area (Å²) in [5.41, 5.74) is 3.14. The number of nitrogens with one attached hydrogen (secondary N) is 1. The highest BCUT2D eigenvalue weighted by Crippen LogP contribution is 2.43. The summed E-state index contributed by atoms with van der Waals surface area (Å²) in [6, 6.07) is 12.2. The van der Waals surface area contributed by atoms with E-state index in [2.05, 4.69) is 20.6 Å². The van der Waals surface area contributed by atoms with Crippen LogP contribution in [0, 0.1) is 11.3 Å². The average molecular weight is 517 g/mol. The van der Waals surface area contributed by atoms with Crippen LogP contribution < -0.4 is 10.2 Å². The predicted molar refractivity (Wildman–Crippen MR) is 138 cm³/mol. The molecule has 0 spiro atoms. The molecule has 1 aliphatic carbocycles. The third-order valence-corrected chi connectivity index (χ3v) is 7.34. The molecule has 6 rings (SSSR count). The maximum atomic E-state index is 13.9. The molecule has 0 atom stereocenters. The minimum absolute atomic E-state index is 0.162. The monoisotopic (exact) mass is 516 g/mol. The Morgan fingerprint density at radius 1 is 1.16 bits per heavy atom. The number of H-pyrrole nitrogens is 1. The number of rotatable bonds is 5. The van der Waals surface area contributed by atoms with Crippen molar-refractivity contribution in [3.8, 4) is 22.9 Å². The first kappa shape index (κ1) is 23.2. The van der Waals surface area contributed by atoms with Crippen molar-refractivity contribution in [3.05, 3.63) is 64.6 Å². The summed E-state index contributed by atoms with van der Waals surface area (Å²) in [4.78, 5) is 20.6. The fourth-order valence-corrected chi connectivity index (χ4v) is 5.31. The molecule has 8 nitrogen and oxygen atoms in total. The molecular weight excluding hydrogens is 495 g/mol. The third kappa shape index (κ3) is 3.83. The van der Waals surface area contributed by atoms with E-state index in [0.717, 1.165) is 24.4 Å². The van der Waals surface area contributed by atoms with Crippen LogP contribution in [0.4, 0.5) is 3.89 Å². The first-order chi connectivity index (χ1) is 17.7. The number of hydrogen-bond donors (Lipinski definition) is 1. The van der Waals surface area contributed by atoms with Gasteiger partial charge in [-0.25, -0.2) is 0 Å². The Kier molecular flexibility index (Phi) is 5.10. The molecule has 0 radical (unpaired) electrons. The number of pyridine rings is 2. The molecule has 3 heterocycles. The van der Waals surface area contributed by atoms with Crippen LogP contribution in [0.3, 0.4) is 0 Å². The Balaban J connectivity index is 1.73. The molecule has 5 aromatic rings. The number of aromatic amines is 1. The zero-order valence-electron chi connectivity index (χ0n) is 19.9. The molecule has 1 N–H and O–H groups in total. The van der Waals surface area contributed by atoms with E-state index in [9.17, 15) is 22.4 Å². The lowest BCUT2D eigenvalue weighted by Gasteiger charge is -2.18. The van der Waals surface area contributed by atoms with Crippen LogP contribution in [0.1, 0.15) is 38.3 Å². The standard InChI is InChI=1S/C27H21FN4O4S/c1-14(2)36-24-10-21-23(9-20(24)16-8-18(13-30-12-16)37(28,34)35)32(17-4-5-17)27-25(26(21)33)19-6-3-15(11-29)7-22(19)31-27/h3,6-10,12-14,17,31H,4-5H2,1-2H3. The van der Waals surface area contributed by atoms with Crippen molar-refractivity contribution >= 4 is 43.1 Å². The summed E-state index contributed by atoms with van der Waals surface area (Å²) in [6.45, 7) is 3.68. The van der Waals surface area contributed by atoms with Crippen molar-refractivity contribution in [1.29, 1.82) is 5.26 Å². The number of halogens is 1. The summed E-state index contributed by atoms with van der Waals surface area (Å²) in [7, 11) is -4.97. The molecule has 0 aliphatic heterocycles. The average Bonchev–Trinajstić information content (AvgIpc) is 3.62.